The van der Waals surface area contributed by atoms with Gasteiger partial charge in [-0.3, -0.25) is 9.36 Å². The molecule has 0 saturated heterocycles. The van der Waals surface area contributed by atoms with Crippen LogP contribution in [-0.2, 0) is 12.3 Å². The molecule has 0 unspecified atom stereocenters. The van der Waals surface area contributed by atoms with Crippen molar-refractivity contribution in [3.63, 3.8) is 0 Å². The molecule has 9 nitrogen and oxygen atoms in total. The molecule has 36 heavy (non-hydrogen) atoms. The molecular formula is C26H23N7O2S. The van der Waals surface area contributed by atoms with Crippen LogP contribution in [0.15, 0.2) is 88.8 Å². The molecule has 0 bridgehead atoms. The smallest absolute Gasteiger partial charge is 0.262 e. The van der Waals surface area contributed by atoms with Crippen LogP contribution in [0, 0.1) is 0 Å². The topological polar surface area (TPSA) is 121 Å². The molecule has 0 saturated carbocycles. The van der Waals surface area contributed by atoms with Gasteiger partial charge >= 0.3 is 0 Å². The summed E-state index contributed by atoms with van der Waals surface area (Å²) in [4.78, 5) is 31.1. The van der Waals surface area contributed by atoms with Crippen molar-refractivity contribution < 1.29 is 4.74 Å². The van der Waals surface area contributed by atoms with Gasteiger partial charge in [0, 0.05) is 5.69 Å². The molecule has 5 aromatic rings. The molecule has 0 fully saturated rings. The van der Waals surface area contributed by atoms with Crippen molar-refractivity contribution in [2.45, 2.75) is 17.5 Å². The molecule has 0 aliphatic heterocycles. The zero-order valence-electron chi connectivity index (χ0n) is 19.5. The number of para-hydroxylation sites is 2. The number of nitrogen functional groups attached to an aromatic ring is 1. The van der Waals surface area contributed by atoms with Crippen LogP contribution in [0.3, 0.4) is 0 Å². The first-order chi connectivity index (χ1) is 17.6. The highest BCUT2D eigenvalue weighted by Gasteiger charge is 2.14. The summed E-state index contributed by atoms with van der Waals surface area (Å²) in [6.45, 7) is 0.364. The minimum Gasteiger partial charge on any atom is -0.497 e. The van der Waals surface area contributed by atoms with Gasteiger partial charge in [-0.25, -0.2) is 4.98 Å². The van der Waals surface area contributed by atoms with Gasteiger partial charge in [-0.2, -0.15) is 15.0 Å². The highest BCUT2D eigenvalue weighted by Crippen LogP contribution is 2.23. The van der Waals surface area contributed by atoms with Gasteiger partial charge in [0.25, 0.3) is 5.56 Å². The molecule has 3 aromatic carbocycles. The summed E-state index contributed by atoms with van der Waals surface area (Å²) in [6.07, 6.45) is 0. The maximum Gasteiger partial charge on any atom is 0.262 e. The molecule has 0 aliphatic carbocycles. The van der Waals surface area contributed by atoms with E-state index in [1.54, 1.807) is 17.7 Å². The number of aromatic nitrogens is 5. The number of benzene rings is 3. The molecule has 180 valence electrons. The Hall–Kier alpha value is -4.44. The Morgan fingerprint density at radius 1 is 0.917 bits per heavy atom. The second-order valence-electron chi connectivity index (χ2n) is 7.86. The lowest BCUT2D eigenvalue weighted by Gasteiger charge is -2.14. The number of hydrogen-bond donors (Lipinski definition) is 2. The Morgan fingerprint density at radius 2 is 1.67 bits per heavy atom. The van der Waals surface area contributed by atoms with Gasteiger partial charge in [0.1, 0.15) is 11.6 Å². The summed E-state index contributed by atoms with van der Waals surface area (Å²) >= 11 is 1.37. The lowest BCUT2D eigenvalue weighted by molar-refractivity contribution is 0.414. The largest absolute Gasteiger partial charge is 0.497 e. The number of hydrogen-bond acceptors (Lipinski definition) is 9. The van der Waals surface area contributed by atoms with Gasteiger partial charge in [0.2, 0.25) is 11.9 Å². The summed E-state index contributed by atoms with van der Waals surface area (Å²) in [6, 6.07) is 24.5. The predicted octanol–water partition coefficient (Wildman–Crippen LogP) is 4.26. The third-order valence-corrected chi connectivity index (χ3v) is 6.36. The summed E-state index contributed by atoms with van der Waals surface area (Å²) in [7, 11) is 1.62. The summed E-state index contributed by atoms with van der Waals surface area (Å²) in [5.74, 6) is 2.05. The number of thioether (sulfide) groups is 1. The van der Waals surface area contributed by atoms with E-state index in [4.69, 9.17) is 15.5 Å². The molecule has 3 N–H and O–H groups in total. The maximum atomic E-state index is 13.4. The van der Waals surface area contributed by atoms with Crippen LogP contribution >= 0.6 is 11.8 Å². The Bertz CT molecular complexity index is 1560. The van der Waals surface area contributed by atoms with E-state index in [9.17, 15) is 4.79 Å². The molecule has 2 heterocycles. The molecule has 0 radical (unpaired) electrons. The molecular weight excluding hydrogens is 474 g/mol. The Kier molecular flexibility index (Phi) is 6.76. The Balaban J connectivity index is 1.45. The van der Waals surface area contributed by atoms with Gasteiger partial charge in [-0.05, 0) is 42.0 Å². The van der Waals surface area contributed by atoms with E-state index in [1.165, 1.54) is 11.8 Å². The minimum absolute atomic E-state index is 0.111. The van der Waals surface area contributed by atoms with Crippen molar-refractivity contribution in [3.8, 4) is 5.75 Å². The first kappa shape index (κ1) is 23.3. The normalized spacial score (nSPS) is 10.9. The van der Waals surface area contributed by atoms with Crippen molar-refractivity contribution in [1.82, 2.24) is 24.5 Å². The average molecular weight is 498 g/mol. The van der Waals surface area contributed by atoms with Crippen LogP contribution in [-0.4, -0.2) is 31.6 Å². The summed E-state index contributed by atoms with van der Waals surface area (Å²) in [5, 5.41) is 4.26. The Morgan fingerprint density at radius 3 is 2.44 bits per heavy atom. The molecule has 0 aliphatic rings. The fourth-order valence-electron chi connectivity index (χ4n) is 3.65. The van der Waals surface area contributed by atoms with Crippen molar-refractivity contribution in [1.29, 1.82) is 0 Å². The summed E-state index contributed by atoms with van der Waals surface area (Å²) in [5.41, 5.74) is 8.26. The number of anilines is 3. The fourth-order valence-corrected chi connectivity index (χ4v) is 4.50. The highest BCUT2D eigenvalue weighted by molar-refractivity contribution is 7.98. The average Bonchev–Trinajstić information content (AvgIpc) is 2.90. The van der Waals surface area contributed by atoms with E-state index in [0.29, 0.717) is 40.1 Å². The molecule has 0 atom stereocenters. The molecule has 5 rings (SSSR count). The zero-order valence-corrected chi connectivity index (χ0v) is 20.3. The number of rotatable bonds is 8. The predicted molar refractivity (Wildman–Crippen MR) is 142 cm³/mol. The number of fused-ring (bicyclic) bond motifs is 1. The van der Waals surface area contributed by atoms with Crippen molar-refractivity contribution in [2.24, 2.45) is 0 Å². The van der Waals surface area contributed by atoms with Gasteiger partial charge in [-0.15, -0.1) is 0 Å². The van der Waals surface area contributed by atoms with E-state index < -0.39 is 0 Å². The summed E-state index contributed by atoms with van der Waals surface area (Å²) < 4.78 is 6.92. The maximum absolute atomic E-state index is 13.4. The van der Waals surface area contributed by atoms with Gasteiger partial charge in [0.15, 0.2) is 5.16 Å². The first-order valence-corrected chi connectivity index (χ1v) is 12.2. The van der Waals surface area contributed by atoms with Gasteiger partial charge in [-0.1, -0.05) is 54.2 Å². The van der Waals surface area contributed by atoms with Crippen molar-refractivity contribution in [2.75, 3.05) is 18.2 Å². The van der Waals surface area contributed by atoms with Crippen molar-refractivity contribution >= 4 is 40.2 Å². The van der Waals surface area contributed by atoms with Crippen LogP contribution in [0.1, 0.15) is 11.4 Å². The second kappa shape index (κ2) is 10.4. The van der Waals surface area contributed by atoms with Gasteiger partial charge in [0.05, 0.1) is 30.3 Å². The second-order valence-corrected chi connectivity index (χ2v) is 8.81. The van der Waals surface area contributed by atoms with Crippen LogP contribution in [0.25, 0.3) is 10.9 Å². The van der Waals surface area contributed by atoms with E-state index in [0.717, 1.165) is 17.0 Å². The van der Waals surface area contributed by atoms with E-state index in [-0.39, 0.29) is 11.5 Å². The van der Waals surface area contributed by atoms with E-state index >= 15 is 0 Å². The third kappa shape index (κ3) is 5.28. The quantitative estimate of drug-likeness (QED) is 0.239. The number of ether oxygens (including phenoxy) is 1. The van der Waals surface area contributed by atoms with E-state index in [2.05, 4.69) is 20.3 Å². The Labute approximate surface area is 211 Å². The van der Waals surface area contributed by atoms with Crippen LogP contribution < -0.4 is 21.3 Å². The zero-order chi connectivity index (χ0) is 24.9. The standard InChI is InChI=1S/C26H23N7O2S/c1-35-19-13-11-17(12-14-19)15-33-23(34)20-9-5-6-10-21(20)29-26(33)36-16-22-30-24(27)32-25(31-22)28-18-7-3-2-4-8-18/h2-14H,15-16H2,1H3,(H3,27,28,30,31,32). The number of nitrogens with zero attached hydrogens (tertiary/aromatic N) is 5. The SMILES string of the molecule is COc1ccc(Cn2c(SCc3nc(N)nc(Nc4ccccc4)n3)nc3ccccc3c2=O)cc1. The molecule has 10 heteroatoms. The minimum atomic E-state index is -0.111. The number of nitrogens with two attached hydrogens (primary N) is 1. The van der Waals surface area contributed by atoms with Crippen LogP contribution in [0.4, 0.5) is 17.6 Å². The highest BCUT2D eigenvalue weighted by atomic mass is 32.2. The lowest BCUT2D eigenvalue weighted by atomic mass is 10.2. The number of methoxy groups -OCH3 is 1. The first-order valence-electron chi connectivity index (χ1n) is 11.2. The van der Waals surface area contributed by atoms with E-state index in [1.807, 2.05) is 72.8 Å². The monoisotopic (exact) mass is 497 g/mol. The third-order valence-electron chi connectivity index (χ3n) is 5.39. The number of nitrogens with one attached hydrogen (secondary N) is 1. The van der Waals surface area contributed by atoms with Gasteiger partial charge < -0.3 is 15.8 Å². The molecule has 0 spiro atoms. The molecule has 0 amide bonds. The van der Waals surface area contributed by atoms with Crippen LogP contribution in [0.2, 0.25) is 0 Å². The molecule has 2 aromatic heterocycles. The lowest BCUT2D eigenvalue weighted by Crippen LogP contribution is -2.24. The van der Waals surface area contributed by atoms with Crippen LogP contribution in [0.5, 0.6) is 5.75 Å². The van der Waals surface area contributed by atoms with Crippen molar-refractivity contribution in [3.05, 3.63) is 101 Å². The fraction of sp³-hybridized carbons (Fsp3) is 0.115.